The first-order chi connectivity index (χ1) is 8.78. The van der Waals surface area contributed by atoms with Crippen molar-refractivity contribution in [2.75, 3.05) is 20.2 Å². The van der Waals surface area contributed by atoms with E-state index in [2.05, 4.69) is 10.6 Å². The molecular weight excluding hydrogens is 228 g/mol. The van der Waals surface area contributed by atoms with Gasteiger partial charge in [0.1, 0.15) is 5.75 Å². The van der Waals surface area contributed by atoms with Crippen LogP contribution in [0.5, 0.6) is 5.75 Å². The molecule has 1 amide bonds. The molecule has 1 fully saturated rings. The third-order valence-electron chi connectivity index (χ3n) is 3.06. The maximum absolute atomic E-state index is 11.5. The zero-order valence-corrected chi connectivity index (χ0v) is 10.7. The van der Waals surface area contributed by atoms with Crippen LogP contribution >= 0.6 is 0 Å². The molecule has 98 valence electrons. The number of benzene rings is 1. The van der Waals surface area contributed by atoms with Crippen molar-refractivity contribution in [2.24, 2.45) is 5.92 Å². The van der Waals surface area contributed by atoms with E-state index < -0.39 is 0 Å². The van der Waals surface area contributed by atoms with Crippen LogP contribution in [0.4, 0.5) is 0 Å². The van der Waals surface area contributed by atoms with Gasteiger partial charge >= 0.3 is 0 Å². The van der Waals surface area contributed by atoms with Crippen molar-refractivity contribution in [1.82, 2.24) is 10.6 Å². The van der Waals surface area contributed by atoms with Gasteiger partial charge in [-0.15, -0.1) is 0 Å². The van der Waals surface area contributed by atoms with E-state index in [1.54, 1.807) is 7.11 Å². The third-order valence-corrected chi connectivity index (χ3v) is 3.06. The molecule has 0 saturated heterocycles. The minimum atomic E-state index is 0.0477. The van der Waals surface area contributed by atoms with E-state index in [4.69, 9.17) is 4.74 Å². The van der Waals surface area contributed by atoms with Crippen molar-refractivity contribution < 1.29 is 9.53 Å². The molecule has 1 aliphatic rings. The molecule has 0 heterocycles. The minimum absolute atomic E-state index is 0.0477. The lowest BCUT2D eigenvalue weighted by molar-refractivity contribution is -0.120. The topological polar surface area (TPSA) is 50.4 Å². The van der Waals surface area contributed by atoms with Crippen molar-refractivity contribution in [1.29, 1.82) is 0 Å². The van der Waals surface area contributed by atoms with E-state index in [0.717, 1.165) is 23.8 Å². The Morgan fingerprint density at radius 2 is 2.06 bits per heavy atom. The summed E-state index contributed by atoms with van der Waals surface area (Å²) in [6.45, 7) is 1.94. The van der Waals surface area contributed by atoms with Gasteiger partial charge in [-0.1, -0.05) is 12.1 Å². The summed E-state index contributed by atoms with van der Waals surface area (Å²) >= 11 is 0. The maximum atomic E-state index is 11.5. The Labute approximate surface area is 108 Å². The summed E-state index contributed by atoms with van der Waals surface area (Å²) in [5.74, 6) is 1.68. The van der Waals surface area contributed by atoms with Crippen LogP contribution < -0.4 is 15.4 Å². The number of amides is 1. The Morgan fingerprint density at radius 3 is 2.67 bits per heavy atom. The SMILES string of the molecule is COc1ccc(CNC(=O)CNCC2CC2)cc1. The molecule has 1 saturated carbocycles. The van der Waals surface area contributed by atoms with Gasteiger partial charge in [-0.3, -0.25) is 4.79 Å². The predicted octanol–water partition coefficient (Wildman–Crippen LogP) is 1.31. The van der Waals surface area contributed by atoms with Crippen LogP contribution in [0, 0.1) is 5.92 Å². The molecule has 0 bridgehead atoms. The molecule has 4 heteroatoms. The van der Waals surface area contributed by atoms with Gasteiger partial charge in [0.05, 0.1) is 13.7 Å². The number of rotatable bonds is 7. The van der Waals surface area contributed by atoms with E-state index in [1.165, 1.54) is 12.8 Å². The van der Waals surface area contributed by atoms with E-state index in [0.29, 0.717) is 13.1 Å². The molecule has 0 spiro atoms. The Kier molecular flexibility index (Phi) is 4.59. The number of carbonyl (C=O) groups is 1. The first-order valence-electron chi connectivity index (χ1n) is 6.38. The molecule has 0 radical (unpaired) electrons. The summed E-state index contributed by atoms with van der Waals surface area (Å²) < 4.78 is 5.08. The Hall–Kier alpha value is -1.55. The summed E-state index contributed by atoms with van der Waals surface area (Å²) in [6, 6.07) is 7.70. The number of hydrogen-bond acceptors (Lipinski definition) is 3. The van der Waals surface area contributed by atoms with Gasteiger partial charge in [0, 0.05) is 6.54 Å². The fraction of sp³-hybridized carbons (Fsp3) is 0.500. The number of ether oxygens (including phenoxy) is 1. The van der Waals surface area contributed by atoms with Gasteiger partial charge < -0.3 is 15.4 Å². The van der Waals surface area contributed by atoms with E-state index >= 15 is 0 Å². The number of carbonyl (C=O) groups excluding carboxylic acids is 1. The van der Waals surface area contributed by atoms with Crippen molar-refractivity contribution in [3.05, 3.63) is 29.8 Å². The van der Waals surface area contributed by atoms with Gasteiger partial charge in [0.25, 0.3) is 0 Å². The zero-order valence-electron chi connectivity index (χ0n) is 10.7. The zero-order chi connectivity index (χ0) is 12.8. The lowest BCUT2D eigenvalue weighted by Crippen LogP contribution is -2.34. The highest BCUT2D eigenvalue weighted by Crippen LogP contribution is 2.27. The molecule has 1 aromatic rings. The van der Waals surface area contributed by atoms with Gasteiger partial charge in [-0.25, -0.2) is 0 Å². The van der Waals surface area contributed by atoms with Crippen LogP contribution in [-0.2, 0) is 11.3 Å². The maximum Gasteiger partial charge on any atom is 0.234 e. The molecule has 2 N–H and O–H groups in total. The number of hydrogen-bond donors (Lipinski definition) is 2. The smallest absolute Gasteiger partial charge is 0.234 e. The Bertz CT molecular complexity index is 385. The highest BCUT2D eigenvalue weighted by atomic mass is 16.5. The second-order valence-electron chi connectivity index (χ2n) is 4.70. The third kappa shape index (κ3) is 4.37. The van der Waals surface area contributed by atoms with E-state index in [-0.39, 0.29) is 5.91 Å². The van der Waals surface area contributed by atoms with Gasteiger partial charge in [-0.2, -0.15) is 0 Å². The van der Waals surface area contributed by atoms with E-state index in [9.17, 15) is 4.79 Å². The van der Waals surface area contributed by atoms with Crippen LogP contribution in [-0.4, -0.2) is 26.1 Å². The summed E-state index contributed by atoms with van der Waals surface area (Å²) in [4.78, 5) is 11.5. The molecule has 18 heavy (non-hydrogen) atoms. The van der Waals surface area contributed by atoms with Crippen molar-refractivity contribution in [2.45, 2.75) is 19.4 Å². The summed E-state index contributed by atoms with van der Waals surface area (Å²) in [7, 11) is 1.64. The van der Waals surface area contributed by atoms with Crippen molar-refractivity contribution in [3.8, 4) is 5.75 Å². The molecule has 0 aromatic heterocycles. The molecule has 0 unspecified atom stereocenters. The quantitative estimate of drug-likeness (QED) is 0.765. The van der Waals surface area contributed by atoms with Gasteiger partial charge in [-0.05, 0) is 43.0 Å². The fourth-order valence-electron chi connectivity index (χ4n) is 1.72. The lowest BCUT2D eigenvalue weighted by atomic mass is 10.2. The van der Waals surface area contributed by atoms with Crippen LogP contribution in [0.25, 0.3) is 0 Å². The van der Waals surface area contributed by atoms with Crippen molar-refractivity contribution in [3.63, 3.8) is 0 Å². The van der Waals surface area contributed by atoms with Crippen LogP contribution in [0.2, 0.25) is 0 Å². The Balaban J connectivity index is 1.64. The summed E-state index contributed by atoms with van der Waals surface area (Å²) in [5, 5.41) is 6.06. The van der Waals surface area contributed by atoms with Gasteiger partial charge in [0.15, 0.2) is 0 Å². The first-order valence-corrected chi connectivity index (χ1v) is 6.38. The fourth-order valence-corrected chi connectivity index (χ4v) is 1.72. The monoisotopic (exact) mass is 248 g/mol. The average molecular weight is 248 g/mol. The Morgan fingerprint density at radius 1 is 1.33 bits per heavy atom. The molecule has 2 rings (SSSR count). The summed E-state index contributed by atoms with van der Waals surface area (Å²) in [6.07, 6.45) is 2.61. The van der Waals surface area contributed by atoms with Crippen molar-refractivity contribution >= 4 is 5.91 Å². The highest BCUT2D eigenvalue weighted by Gasteiger charge is 2.20. The molecule has 0 aliphatic heterocycles. The van der Waals surface area contributed by atoms with Crippen LogP contribution in [0.3, 0.4) is 0 Å². The predicted molar refractivity (Wildman–Crippen MR) is 70.4 cm³/mol. The number of methoxy groups -OCH3 is 1. The highest BCUT2D eigenvalue weighted by molar-refractivity contribution is 5.77. The minimum Gasteiger partial charge on any atom is -0.497 e. The number of nitrogens with one attached hydrogen (secondary N) is 2. The molecule has 1 aromatic carbocycles. The van der Waals surface area contributed by atoms with Crippen LogP contribution in [0.1, 0.15) is 18.4 Å². The molecular formula is C14H20N2O2. The summed E-state index contributed by atoms with van der Waals surface area (Å²) in [5.41, 5.74) is 1.08. The second kappa shape index (κ2) is 6.40. The standard InChI is InChI=1S/C14H20N2O2/c1-18-13-6-4-12(5-7-13)9-16-14(17)10-15-8-11-2-3-11/h4-7,11,15H,2-3,8-10H2,1H3,(H,16,17). The second-order valence-corrected chi connectivity index (χ2v) is 4.70. The van der Waals surface area contributed by atoms with Gasteiger partial charge in [0.2, 0.25) is 5.91 Å². The normalized spacial score (nSPS) is 14.3. The lowest BCUT2D eigenvalue weighted by Gasteiger charge is -2.07. The largest absolute Gasteiger partial charge is 0.497 e. The molecule has 1 aliphatic carbocycles. The molecule has 4 nitrogen and oxygen atoms in total. The average Bonchev–Trinajstić information content (AvgIpc) is 3.21. The van der Waals surface area contributed by atoms with E-state index in [1.807, 2.05) is 24.3 Å². The van der Waals surface area contributed by atoms with Crippen LogP contribution in [0.15, 0.2) is 24.3 Å². The first kappa shape index (κ1) is 12.9. The molecule has 0 atom stereocenters.